The molecular weight excluding hydrogens is 484 g/mol. The van der Waals surface area contributed by atoms with Gasteiger partial charge in [-0.3, -0.25) is 14.9 Å². The van der Waals surface area contributed by atoms with Crippen LogP contribution in [0.15, 0.2) is 78.4 Å². The maximum absolute atomic E-state index is 13.1. The average molecular weight is 515 g/mol. The molecule has 4 rings (SSSR count). The van der Waals surface area contributed by atoms with Crippen LogP contribution in [0.1, 0.15) is 31.9 Å². The lowest BCUT2D eigenvalue weighted by atomic mass is 9.87. The van der Waals surface area contributed by atoms with Crippen molar-refractivity contribution in [1.29, 1.82) is 0 Å². The highest BCUT2D eigenvalue weighted by atomic mass is 16.5. The molecule has 0 unspecified atom stereocenters. The third kappa shape index (κ3) is 6.21. The van der Waals surface area contributed by atoms with Gasteiger partial charge >= 0.3 is 6.03 Å². The lowest BCUT2D eigenvalue weighted by molar-refractivity contribution is -0.122. The fourth-order valence-electron chi connectivity index (χ4n) is 3.85. The van der Waals surface area contributed by atoms with E-state index in [2.05, 4.69) is 38.2 Å². The fraction of sp³-hybridized carbons (Fsp3) is 0.233. The summed E-state index contributed by atoms with van der Waals surface area (Å²) in [6, 6.07) is 20.6. The van der Waals surface area contributed by atoms with Crippen LogP contribution in [0.25, 0.3) is 6.08 Å². The third-order valence-corrected chi connectivity index (χ3v) is 5.94. The van der Waals surface area contributed by atoms with Crippen molar-refractivity contribution in [3.63, 3.8) is 0 Å². The van der Waals surface area contributed by atoms with Crippen LogP contribution in [0, 0.1) is 0 Å². The monoisotopic (exact) mass is 514 g/mol. The number of carbonyl (C=O) groups excluding carboxylic acids is 3. The lowest BCUT2D eigenvalue weighted by Crippen LogP contribution is -2.54. The Hall–Kier alpha value is -4.59. The smallest absolute Gasteiger partial charge is 0.335 e. The van der Waals surface area contributed by atoms with Crippen LogP contribution in [0.5, 0.6) is 17.2 Å². The summed E-state index contributed by atoms with van der Waals surface area (Å²) >= 11 is 0. The van der Waals surface area contributed by atoms with Gasteiger partial charge < -0.3 is 14.2 Å². The van der Waals surface area contributed by atoms with E-state index in [1.54, 1.807) is 48.5 Å². The van der Waals surface area contributed by atoms with Gasteiger partial charge in [-0.1, -0.05) is 45.0 Å². The second-order valence-electron chi connectivity index (χ2n) is 9.70. The third-order valence-electron chi connectivity index (χ3n) is 5.94. The van der Waals surface area contributed by atoms with Gasteiger partial charge in [-0.15, -0.1) is 0 Å². The van der Waals surface area contributed by atoms with Crippen molar-refractivity contribution in [3.8, 4) is 17.2 Å². The standard InChI is InChI=1S/C30H30N2O6/c1-30(2,3)21-8-12-24(13-9-21)37-16-17-38-25-7-5-6-20(18-25)19-26-27(33)31-29(35)32(28(26)34)22-10-14-23(36-4)15-11-22/h5-15,18-19H,16-17H2,1-4H3,(H,31,33,35)/b26-19+. The summed E-state index contributed by atoms with van der Waals surface area (Å²) in [6.45, 7) is 7.13. The molecule has 1 aliphatic heterocycles. The topological polar surface area (TPSA) is 94.2 Å². The summed E-state index contributed by atoms with van der Waals surface area (Å²) in [5, 5.41) is 2.22. The Morgan fingerprint density at radius 3 is 2.08 bits per heavy atom. The number of anilines is 1. The minimum atomic E-state index is -0.813. The van der Waals surface area contributed by atoms with Crippen LogP contribution in [0.2, 0.25) is 0 Å². The van der Waals surface area contributed by atoms with Gasteiger partial charge in [0.1, 0.15) is 36.0 Å². The molecular formula is C30H30N2O6. The normalized spacial score (nSPS) is 14.9. The summed E-state index contributed by atoms with van der Waals surface area (Å²) < 4.78 is 16.7. The lowest BCUT2D eigenvalue weighted by Gasteiger charge is -2.26. The Morgan fingerprint density at radius 2 is 1.45 bits per heavy atom. The Bertz CT molecular complexity index is 1350. The minimum Gasteiger partial charge on any atom is -0.497 e. The van der Waals surface area contributed by atoms with Gasteiger partial charge in [-0.05, 0) is 71.1 Å². The number of nitrogens with one attached hydrogen (secondary N) is 1. The first kappa shape index (κ1) is 26.5. The molecule has 196 valence electrons. The first-order chi connectivity index (χ1) is 18.2. The van der Waals surface area contributed by atoms with Crippen LogP contribution >= 0.6 is 0 Å². The van der Waals surface area contributed by atoms with Crippen molar-refractivity contribution >= 4 is 29.6 Å². The SMILES string of the molecule is COc1ccc(N2C(=O)NC(=O)/C(=C\c3cccc(OCCOc4ccc(C(C)(C)C)cc4)c3)C2=O)cc1. The molecule has 0 saturated carbocycles. The molecule has 1 aliphatic rings. The summed E-state index contributed by atoms with van der Waals surface area (Å²) in [7, 11) is 1.52. The van der Waals surface area contributed by atoms with E-state index < -0.39 is 17.8 Å². The number of hydrogen-bond donors (Lipinski definition) is 1. The number of amides is 4. The molecule has 0 bridgehead atoms. The number of urea groups is 1. The summed E-state index contributed by atoms with van der Waals surface area (Å²) in [5.41, 5.74) is 2.03. The minimum absolute atomic E-state index is 0.0778. The van der Waals surface area contributed by atoms with Gasteiger partial charge in [0, 0.05) is 0 Å². The molecule has 8 nitrogen and oxygen atoms in total. The molecule has 1 fully saturated rings. The van der Waals surface area contributed by atoms with Gasteiger partial charge in [0.25, 0.3) is 11.8 Å². The molecule has 38 heavy (non-hydrogen) atoms. The molecule has 3 aromatic carbocycles. The van der Waals surface area contributed by atoms with Crippen LogP contribution in [-0.4, -0.2) is 38.2 Å². The zero-order valence-corrected chi connectivity index (χ0v) is 21.8. The largest absolute Gasteiger partial charge is 0.497 e. The van der Waals surface area contributed by atoms with E-state index in [-0.39, 0.29) is 11.0 Å². The molecule has 0 aromatic heterocycles. The van der Waals surface area contributed by atoms with E-state index in [0.717, 1.165) is 10.6 Å². The van der Waals surface area contributed by atoms with E-state index in [0.29, 0.717) is 36.0 Å². The van der Waals surface area contributed by atoms with Crippen LogP contribution in [0.3, 0.4) is 0 Å². The van der Waals surface area contributed by atoms with E-state index in [4.69, 9.17) is 14.2 Å². The van der Waals surface area contributed by atoms with E-state index in [9.17, 15) is 14.4 Å². The number of carbonyl (C=O) groups is 3. The van der Waals surface area contributed by atoms with Gasteiger partial charge in [-0.25, -0.2) is 9.69 Å². The summed E-state index contributed by atoms with van der Waals surface area (Å²) in [4.78, 5) is 38.9. The molecule has 0 spiro atoms. The zero-order valence-electron chi connectivity index (χ0n) is 21.8. The molecule has 0 atom stereocenters. The highest BCUT2D eigenvalue weighted by Gasteiger charge is 2.36. The van der Waals surface area contributed by atoms with Crippen molar-refractivity contribution in [3.05, 3.63) is 89.5 Å². The highest BCUT2D eigenvalue weighted by Crippen LogP contribution is 2.26. The van der Waals surface area contributed by atoms with Gasteiger partial charge in [-0.2, -0.15) is 0 Å². The Morgan fingerprint density at radius 1 is 0.816 bits per heavy atom. The van der Waals surface area contributed by atoms with Gasteiger partial charge in [0.2, 0.25) is 0 Å². The van der Waals surface area contributed by atoms with Crippen molar-refractivity contribution in [2.75, 3.05) is 25.2 Å². The van der Waals surface area contributed by atoms with Crippen molar-refractivity contribution in [1.82, 2.24) is 5.32 Å². The number of rotatable bonds is 8. The molecule has 0 radical (unpaired) electrons. The number of barbiturate groups is 1. The average Bonchev–Trinajstić information content (AvgIpc) is 2.89. The maximum atomic E-state index is 13.1. The second kappa shape index (κ2) is 11.2. The Kier molecular flexibility index (Phi) is 7.81. The van der Waals surface area contributed by atoms with E-state index in [1.807, 2.05) is 12.1 Å². The zero-order chi connectivity index (χ0) is 27.3. The first-order valence-electron chi connectivity index (χ1n) is 12.2. The first-order valence-corrected chi connectivity index (χ1v) is 12.2. The molecule has 1 saturated heterocycles. The molecule has 1 N–H and O–H groups in total. The molecule has 1 heterocycles. The van der Waals surface area contributed by atoms with Crippen molar-refractivity contribution in [2.24, 2.45) is 0 Å². The number of methoxy groups -OCH3 is 1. The van der Waals surface area contributed by atoms with Gasteiger partial charge in [0.15, 0.2) is 0 Å². The maximum Gasteiger partial charge on any atom is 0.335 e. The predicted molar refractivity (Wildman–Crippen MR) is 145 cm³/mol. The van der Waals surface area contributed by atoms with Crippen molar-refractivity contribution in [2.45, 2.75) is 26.2 Å². The Labute approximate surface area is 221 Å². The predicted octanol–water partition coefficient (Wildman–Crippen LogP) is 5.12. The molecule has 4 amide bonds. The highest BCUT2D eigenvalue weighted by molar-refractivity contribution is 6.39. The van der Waals surface area contributed by atoms with Crippen LogP contribution in [-0.2, 0) is 15.0 Å². The molecule has 8 heteroatoms. The summed E-state index contributed by atoms with van der Waals surface area (Å²) in [6.07, 6.45) is 1.43. The summed E-state index contributed by atoms with van der Waals surface area (Å²) in [5.74, 6) is 0.407. The van der Waals surface area contributed by atoms with Crippen molar-refractivity contribution < 1.29 is 28.6 Å². The number of benzene rings is 3. The molecule has 3 aromatic rings. The van der Waals surface area contributed by atoms with E-state index in [1.165, 1.54) is 18.7 Å². The second-order valence-corrected chi connectivity index (χ2v) is 9.70. The molecule has 0 aliphatic carbocycles. The Balaban J connectivity index is 1.40. The van der Waals surface area contributed by atoms with Crippen LogP contribution < -0.4 is 24.4 Å². The van der Waals surface area contributed by atoms with Crippen LogP contribution in [0.4, 0.5) is 10.5 Å². The number of nitrogens with zero attached hydrogens (tertiary/aromatic N) is 1. The number of ether oxygens (including phenoxy) is 3. The van der Waals surface area contributed by atoms with E-state index >= 15 is 0 Å². The fourth-order valence-corrected chi connectivity index (χ4v) is 3.85. The van der Waals surface area contributed by atoms with Gasteiger partial charge in [0.05, 0.1) is 12.8 Å². The quantitative estimate of drug-likeness (QED) is 0.255. The number of hydrogen-bond acceptors (Lipinski definition) is 6. The number of imide groups is 2.